The zero-order valence-electron chi connectivity index (χ0n) is 14.8. The summed E-state index contributed by atoms with van der Waals surface area (Å²) in [5.74, 6) is -0.0114. The molecule has 0 bridgehead atoms. The summed E-state index contributed by atoms with van der Waals surface area (Å²) in [6.45, 7) is -1.06. The van der Waals surface area contributed by atoms with Crippen molar-refractivity contribution >= 4 is 43.0 Å². The molecule has 0 aromatic carbocycles. The van der Waals surface area contributed by atoms with Gasteiger partial charge < -0.3 is 30.3 Å². The van der Waals surface area contributed by atoms with Crippen LogP contribution in [0.1, 0.15) is 6.23 Å². The summed E-state index contributed by atoms with van der Waals surface area (Å²) in [7, 11) is -16.0. The van der Waals surface area contributed by atoms with Gasteiger partial charge in [-0.1, -0.05) is 0 Å². The highest BCUT2D eigenvalue weighted by molar-refractivity contribution is 7.85. The van der Waals surface area contributed by atoms with E-state index in [0.29, 0.717) is 0 Å². The molecule has 3 rings (SSSR count). The Morgan fingerprint density at radius 1 is 1.23 bits per heavy atom. The number of phosphoric ester groups is 2. The molecule has 31 heavy (non-hydrogen) atoms. The number of imidazole rings is 1. The first-order chi connectivity index (χ1) is 14.2. The molecule has 18 nitrogen and oxygen atoms in total. The van der Waals surface area contributed by atoms with Crippen molar-refractivity contribution in [3.8, 4) is 0 Å². The molecule has 1 aliphatic heterocycles. The maximum absolute atomic E-state index is 11.6. The van der Waals surface area contributed by atoms with Crippen molar-refractivity contribution in [2.45, 2.75) is 24.5 Å². The van der Waals surface area contributed by atoms with Gasteiger partial charge in [0, 0.05) is 0 Å². The highest BCUT2D eigenvalue weighted by Gasteiger charge is 2.49. The lowest BCUT2D eigenvalue weighted by molar-refractivity contribution is -0.0499. The van der Waals surface area contributed by atoms with Gasteiger partial charge in [-0.25, -0.2) is 24.1 Å². The lowest BCUT2D eigenvalue weighted by atomic mass is 10.1. The fourth-order valence-electron chi connectivity index (χ4n) is 2.74. The molecule has 174 valence electrons. The van der Waals surface area contributed by atoms with E-state index in [1.165, 1.54) is 0 Å². The Hall–Kier alpha value is -1.60. The fourth-order valence-corrected chi connectivity index (χ4v) is 4.77. The van der Waals surface area contributed by atoms with Crippen molar-refractivity contribution in [3.63, 3.8) is 0 Å². The van der Waals surface area contributed by atoms with Gasteiger partial charge in [0.25, 0.3) is 0 Å². The number of nitrogens with two attached hydrogens (primary N) is 1. The van der Waals surface area contributed by atoms with Crippen LogP contribution in [0.2, 0.25) is 0 Å². The summed E-state index contributed by atoms with van der Waals surface area (Å²) in [6.07, 6.45) is -4.54. The second-order valence-electron chi connectivity index (χ2n) is 5.97. The Balaban J connectivity index is 1.88. The molecular formula is C10H15N5O13P2S. The first-order valence-electron chi connectivity index (χ1n) is 7.83. The smallest absolute Gasteiger partial charge is 0.386 e. The molecule has 0 aliphatic carbocycles. The van der Waals surface area contributed by atoms with E-state index in [9.17, 15) is 27.5 Å². The van der Waals surface area contributed by atoms with Gasteiger partial charge in [-0.3, -0.25) is 18.2 Å². The molecule has 1 saturated heterocycles. The number of ether oxygens (including phenoxy) is 1. The van der Waals surface area contributed by atoms with E-state index in [1.807, 2.05) is 0 Å². The van der Waals surface area contributed by atoms with E-state index >= 15 is 0 Å². The van der Waals surface area contributed by atoms with Gasteiger partial charge in [0.15, 0.2) is 17.7 Å². The second-order valence-corrected chi connectivity index (χ2v) is 9.80. The molecule has 0 spiro atoms. The molecule has 2 aromatic heterocycles. The molecule has 0 amide bonds. The molecule has 0 saturated carbocycles. The monoisotopic (exact) mass is 507 g/mol. The van der Waals surface area contributed by atoms with E-state index in [4.69, 9.17) is 24.8 Å². The number of nitrogen functional groups attached to an aromatic ring is 1. The Bertz CT molecular complexity index is 1170. The van der Waals surface area contributed by atoms with Crippen molar-refractivity contribution in [1.82, 2.24) is 19.5 Å². The molecule has 0 radical (unpaired) electrons. The Morgan fingerprint density at radius 2 is 1.90 bits per heavy atom. The van der Waals surface area contributed by atoms with Crippen molar-refractivity contribution in [1.29, 1.82) is 0 Å². The third kappa shape index (κ3) is 5.80. The molecule has 3 heterocycles. The van der Waals surface area contributed by atoms with Crippen LogP contribution in [0, 0.1) is 0 Å². The lowest BCUT2D eigenvalue weighted by Gasteiger charge is -2.21. The predicted octanol–water partition coefficient (Wildman–Crippen LogP) is -1.92. The number of rotatable bonds is 8. The normalized spacial score (nSPS) is 26.9. The number of phosphoric acid groups is 2. The SMILES string of the molecule is Nc1ncnc2c1ncn2[C@@H]1O[C@@H](COP(=O)(O)OS(=O)(=O)O)[C@H](OP(=O)(O)O)[C@H]1O. The highest BCUT2D eigenvalue weighted by atomic mass is 32.3. The van der Waals surface area contributed by atoms with Crippen LogP contribution in [0.15, 0.2) is 12.7 Å². The number of hydrogen-bond acceptors (Lipinski definition) is 13. The summed E-state index contributed by atoms with van der Waals surface area (Å²) in [4.78, 5) is 39.1. The number of hydrogen-bond donors (Lipinski definition) is 6. The first-order valence-corrected chi connectivity index (χ1v) is 12.2. The third-order valence-electron chi connectivity index (χ3n) is 3.82. The first kappa shape index (κ1) is 24.1. The minimum absolute atomic E-state index is 0.0114. The van der Waals surface area contributed by atoms with Crippen LogP contribution in [0.3, 0.4) is 0 Å². The zero-order valence-corrected chi connectivity index (χ0v) is 17.4. The van der Waals surface area contributed by atoms with Crippen LogP contribution in [0.5, 0.6) is 0 Å². The number of aromatic nitrogens is 4. The molecule has 1 fully saturated rings. The van der Waals surface area contributed by atoms with Crippen LogP contribution in [0.25, 0.3) is 11.2 Å². The van der Waals surface area contributed by atoms with Crippen LogP contribution >= 0.6 is 15.6 Å². The van der Waals surface area contributed by atoms with Gasteiger partial charge in [-0.2, -0.15) is 8.42 Å². The van der Waals surface area contributed by atoms with Crippen molar-refractivity contribution in [2.75, 3.05) is 12.3 Å². The maximum atomic E-state index is 11.6. The van der Waals surface area contributed by atoms with Crippen LogP contribution in [-0.2, 0) is 37.3 Å². The molecular weight excluding hydrogens is 492 g/mol. The summed E-state index contributed by atoms with van der Waals surface area (Å²) in [5, 5.41) is 10.5. The Morgan fingerprint density at radius 3 is 2.52 bits per heavy atom. The minimum atomic E-state index is -5.39. The standard InChI is InChI=1S/C10H15N5O13P2S/c11-8-5-9(13-2-12-8)15(3-14-5)10-6(16)7(27-29(17,18)19)4(26-10)1-25-30(20,21)28-31(22,23)24/h2-4,6-7,10,16H,1H2,(H,20,21)(H2,11,12,13)(H2,17,18,19)(H,22,23,24)/t4-,6+,7-,10+/m0/s1. The van der Waals surface area contributed by atoms with E-state index in [0.717, 1.165) is 17.2 Å². The van der Waals surface area contributed by atoms with Crippen LogP contribution in [-0.4, -0.2) is 77.2 Å². The Kier molecular flexibility index (Phi) is 6.51. The molecule has 7 N–H and O–H groups in total. The van der Waals surface area contributed by atoms with Gasteiger partial charge in [-0.05, 0) is 0 Å². The molecule has 2 aromatic rings. The molecule has 1 unspecified atom stereocenters. The van der Waals surface area contributed by atoms with E-state index < -0.39 is 57.2 Å². The number of nitrogens with zero attached hydrogens (tertiary/aromatic N) is 4. The lowest BCUT2D eigenvalue weighted by Crippen LogP contribution is -2.35. The largest absolute Gasteiger partial charge is 0.488 e. The Labute approximate surface area is 172 Å². The van der Waals surface area contributed by atoms with E-state index in [2.05, 4.69) is 28.0 Å². The molecule has 1 aliphatic rings. The van der Waals surface area contributed by atoms with E-state index in [-0.39, 0.29) is 17.0 Å². The number of aliphatic hydroxyl groups is 1. The number of anilines is 1. The maximum Gasteiger partial charge on any atom is 0.488 e. The topological polar surface area (TPSA) is 276 Å². The summed E-state index contributed by atoms with van der Waals surface area (Å²) in [5.41, 5.74) is 5.85. The van der Waals surface area contributed by atoms with E-state index in [1.54, 1.807) is 0 Å². The molecule has 5 atom stereocenters. The zero-order chi connectivity index (χ0) is 23.2. The van der Waals surface area contributed by atoms with Crippen molar-refractivity contribution in [2.24, 2.45) is 0 Å². The fraction of sp³-hybridized carbons (Fsp3) is 0.500. The average Bonchev–Trinajstić information content (AvgIpc) is 3.13. The van der Waals surface area contributed by atoms with Gasteiger partial charge in [0.2, 0.25) is 0 Å². The van der Waals surface area contributed by atoms with Gasteiger partial charge in [0.1, 0.15) is 30.2 Å². The van der Waals surface area contributed by atoms with Gasteiger partial charge >= 0.3 is 26.0 Å². The van der Waals surface area contributed by atoms with Gasteiger partial charge in [-0.15, -0.1) is 3.97 Å². The average molecular weight is 507 g/mol. The molecule has 21 heteroatoms. The minimum Gasteiger partial charge on any atom is -0.386 e. The number of aliphatic hydroxyl groups excluding tert-OH is 1. The van der Waals surface area contributed by atoms with Gasteiger partial charge in [0.05, 0.1) is 12.9 Å². The third-order valence-corrected chi connectivity index (χ3v) is 6.32. The number of fused-ring (bicyclic) bond motifs is 1. The van der Waals surface area contributed by atoms with Crippen LogP contribution in [0.4, 0.5) is 5.82 Å². The summed E-state index contributed by atoms with van der Waals surface area (Å²) < 4.78 is 71.5. The summed E-state index contributed by atoms with van der Waals surface area (Å²) in [6, 6.07) is 0. The second kappa shape index (κ2) is 8.39. The van der Waals surface area contributed by atoms with Crippen molar-refractivity contribution in [3.05, 3.63) is 12.7 Å². The van der Waals surface area contributed by atoms with Crippen molar-refractivity contribution < 1.29 is 59.6 Å². The summed E-state index contributed by atoms with van der Waals surface area (Å²) >= 11 is 0. The predicted molar refractivity (Wildman–Crippen MR) is 95.0 cm³/mol. The quantitative estimate of drug-likeness (QED) is 0.168. The van der Waals surface area contributed by atoms with Crippen LogP contribution < -0.4 is 5.73 Å². The highest BCUT2D eigenvalue weighted by Crippen LogP contribution is 2.48.